The van der Waals surface area contributed by atoms with Crippen LogP contribution in [0.15, 0.2) is 0 Å². The maximum atomic E-state index is 12.3. The third-order valence-corrected chi connectivity index (χ3v) is 4.47. The minimum Gasteiger partial charge on any atom is -0.369 e. The summed E-state index contributed by atoms with van der Waals surface area (Å²) >= 11 is 1.93. The van der Waals surface area contributed by atoms with Crippen LogP contribution in [0.2, 0.25) is 0 Å². The Balaban J connectivity index is 0.00000180. The van der Waals surface area contributed by atoms with Crippen molar-refractivity contribution in [2.24, 2.45) is 0 Å². The van der Waals surface area contributed by atoms with E-state index in [1.165, 1.54) is 0 Å². The second-order valence-corrected chi connectivity index (χ2v) is 7.04. The molecule has 0 spiro atoms. The number of nitrogens with one attached hydrogen (secondary N) is 1. The second-order valence-electron chi connectivity index (χ2n) is 5.89. The number of morpholine rings is 1. The van der Waals surface area contributed by atoms with Gasteiger partial charge < -0.3 is 15.0 Å². The van der Waals surface area contributed by atoms with Gasteiger partial charge in [-0.05, 0) is 20.8 Å². The highest BCUT2D eigenvalue weighted by Crippen LogP contribution is 2.22. The van der Waals surface area contributed by atoms with Crippen molar-refractivity contribution in [1.29, 1.82) is 0 Å². The molecule has 6 heteroatoms. The molecule has 19 heavy (non-hydrogen) atoms. The van der Waals surface area contributed by atoms with Crippen LogP contribution in [0.4, 0.5) is 0 Å². The smallest absolute Gasteiger partial charge is 0.224 e. The lowest BCUT2D eigenvalue weighted by atomic mass is 10.0. The molecule has 2 saturated heterocycles. The van der Waals surface area contributed by atoms with Crippen molar-refractivity contribution in [2.45, 2.75) is 44.9 Å². The van der Waals surface area contributed by atoms with Crippen LogP contribution in [0.5, 0.6) is 0 Å². The Morgan fingerprint density at radius 1 is 1.53 bits per heavy atom. The van der Waals surface area contributed by atoms with Crippen LogP contribution in [-0.4, -0.2) is 59.7 Å². The van der Waals surface area contributed by atoms with Gasteiger partial charge in [0.1, 0.15) is 0 Å². The molecule has 0 aromatic rings. The Bertz CT molecular complexity index is 309. The first-order valence-electron chi connectivity index (χ1n) is 6.73. The quantitative estimate of drug-likeness (QED) is 0.840. The monoisotopic (exact) mass is 308 g/mol. The molecule has 2 rings (SSSR count). The van der Waals surface area contributed by atoms with Crippen LogP contribution in [0.1, 0.15) is 27.2 Å². The van der Waals surface area contributed by atoms with E-state index in [-0.39, 0.29) is 30.0 Å². The molecule has 2 atom stereocenters. The standard InChI is InChI=1S/C13H24N2O2S.ClH/c1-10-7-15(9-13(2,3)17-10)12(16)6-11-8-18-5-4-14-11;/h10-11,14H,4-9H2,1-3H3;1H. The zero-order valence-electron chi connectivity index (χ0n) is 12.0. The van der Waals surface area contributed by atoms with Gasteiger partial charge in [-0.2, -0.15) is 11.8 Å². The molecule has 0 radical (unpaired) electrons. The van der Waals surface area contributed by atoms with Crippen LogP contribution in [-0.2, 0) is 9.53 Å². The molecule has 112 valence electrons. The SMILES string of the molecule is CC1CN(C(=O)CC2CSCCN2)CC(C)(C)O1.Cl. The summed E-state index contributed by atoms with van der Waals surface area (Å²) < 4.78 is 5.83. The van der Waals surface area contributed by atoms with Crippen molar-refractivity contribution in [3.05, 3.63) is 0 Å². The zero-order valence-corrected chi connectivity index (χ0v) is 13.6. The predicted molar refractivity (Wildman–Crippen MR) is 82.2 cm³/mol. The van der Waals surface area contributed by atoms with Crippen LogP contribution >= 0.6 is 24.2 Å². The fourth-order valence-electron chi connectivity index (χ4n) is 2.73. The molecule has 2 fully saturated rings. The number of carbonyl (C=O) groups excluding carboxylic acids is 1. The predicted octanol–water partition coefficient (Wildman–Crippen LogP) is 1.53. The fourth-order valence-corrected chi connectivity index (χ4v) is 3.68. The number of rotatable bonds is 2. The number of carbonyl (C=O) groups is 1. The summed E-state index contributed by atoms with van der Waals surface area (Å²) in [6.07, 6.45) is 0.752. The lowest BCUT2D eigenvalue weighted by Gasteiger charge is -2.42. The van der Waals surface area contributed by atoms with Crippen LogP contribution in [0.3, 0.4) is 0 Å². The maximum Gasteiger partial charge on any atom is 0.224 e. The van der Waals surface area contributed by atoms with Crippen LogP contribution < -0.4 is 5.32 Å². The Morgan fingerprint density at radius 2 is 2.26 bits per heavy atom. The number of ether oxygens (including phenoxy) is 1. The molecule has 0 aromatic heterocycles. The van der Waals surface area contributed by atoms with E-state index in [2.05, 4.69) is 19.2 Å². The first kappa shape index (κ1) is 17.1. The molecule has 2 unspecified atom stereocenters. The second kappa shape index (κ2) is 7.16. The average Bonchev–Trinajstić information content (AvgIpc) is 2.27. The van der Waals surface area contributed by atoms with Gasteiger partial charge in [-0.15, -0.1) is 12.4 Å². The van der Waals surface area contributed by atoms with Crippen LogP contribution in [0.25, 0.3) is 0 Å². The van der Waals surface area contributed by atoms with E-state index in [9.17, 15) is 4.79 Å². The number of halogens is 1. The number of hydrogen-bond acceptors (Lipinski definition) is 4. The summed E-state index contributed by atoms with van der Waals surface area (Å²) in [5.41, 5.74) is -0.220. The lowest BCUT2D eigenvalue weighted by molar-refractivity contribution is -0.158. The molecule has 0 aromatic carbocycles. The molecule has 2 aliphatic heterocycles. The third kappa shape index (κ3) is 5.14. The third-order valence-electron chi connectivity index (χ3n) is 3.34. The molecule has 0 aliphatic carbocycles. The minimum atomic E-state index is -0.220. The average molecular weight is 309 g/mol. The fraction of sp³-hybridized carbons (Fsp3) is 0.923. The van der Waals surface area contributed by atoms with Gasteiger partial charge in [-0.1, -0.05) is 0 Å². The first-order valence-corrected chi connectivity index (χ1v) is 7.88. The van der Waals surface area contributed by atoms with Gasteiger partial charge in [0, 0.05) is 43.6 Å². The van der Waals surface area contributed by atoms with Gasteiger partial charge in [-0.25, -0.2) is 0 Å². The van der Waals surface area contributed by atoms with E-state index in [0.29, 0.717) is 19.0 Å². The molecule has 4 nitrogen and oxygen atoms in total. The molecule has 2 aliphatic rings. The Hall–Kier alpha value is 0.0300. The number of thioether (sulfide) groups is 1. The van der Waals surface area contributed by atoms with Crippen molar-refractivity contribution in [3.63, 3.8) is 0 Å². The van der Waals surface area contributed by atoms with E-state index in [0.717, 1.165) is 24.6 Å². The summed E-state index contributed by atoms with van der Waals surface area (Å²) in [7, 11) is 0. The maximum absolute atomic E-state index is 12.3. The number of nitrogens with zero attached hydrogens (tertiary/aromatic N) is 1. The highest BCUT2D eigenvalue weighted by Gasteiger charge is 2.34. The van der Waals surface area contributed by atoms with E-state index in [1.807, 2.05) is 23.6 Å². The summed E-state index contributed by atoms with van der Waals surface area (Å²) in [6, 6.07) is 0.345. The first-order chi connectivity index (χ1) is 8.46. The lowest BCUT2D eigenvalue weighted by Crippen LogP contribution is -2.55. The van der Waals surface area contributed by atoms with Crippen molar-refractivity contribution in [3.8, 4) is 0 Å². The van der Waals surface area contributed by atoms with E-state index in [1.54, 1.807) is 0 Å². The molecular weight excluding hydrogens is 284 g/mol. The Morgan fingerprint density at radius 3 is 2.84 bits per heavy atom. The van der Waals surface area contributed by atoms with Gasteiger partial charge in [-0.3, -0.25) is 4.79 Å². The van der Waals surface area contributed by atoms with E-state index < -0.39 is 0 Å². The van der Waals surface area contributed by atoms with Crippen LogP contribution in [0, 0.1) is 0 Å². The summed E-state index contributed by atoms with van der Waals surface area (Å²) in [5, 5.41) is 3.42. The van der Waals surface area contributed by atoms with E-state index >= 15 is 0 Å². The van der Waals surface area contributed by atoms with Gasteiger partial charge >= 0.3 is 0 Å². The topological polar surface area (TPSA) is 41.6 Å². The molecule has 0 saturated carbocycles. The van der Waals surface area contributed by atoms with Crippen molar-refractivity contribution >= 4 is 30.1 Å². The normalized spacial score (nSPS) is 30.6. The molecular formula is C13H25ClN2O2S. The number of amides is 1. The van der Waals surface area contributed by atoms with Gasteiger partial charge in [0.2, 0.25) is 5.91 Å². The zero-order chi connectivity index (χ0) is 13.2. The minimum absolute atomic E-state index is 0. The number of hydrogen-bond donors (Lipinski definition) is 1. The van der Waals surface area contributed by atoms with Crippen molar-refractivity contribution in [1.82, 2.24) is 10.2 Å². The summed E-state index contributed by atoms with van der Waals surface area (Å²) in [5.74, 6) is 2.47. The Kier molecular flexibility index (Phi) is 6.43. The summed E-state index contributed by atoms with van der Waals surface area (Å²) in [6.45, 7) is 8.59. The molecule has 0 bridgehead atoms. The van der Waals surface area contributed by atoms with Gasteiger partial charge in [0.25, 0.3) is 0 Å². The molecule has 1 N–H and O–H groups in total. The van der Waals surface area contributed by atoms with Crippen molar-refractivity contribution < 1.29 is 9.53 Å². The largest absolute Gasteiger partial charge is 0.369 e. The highest BCUT2D eigenvalue weighted by atomic mass is 35.5. The van der Waals surface area contributed by atoms with E-state index in [4.69, 9.17) is 4.74 Å². The Labute approximate surface area is 126 Å². The molecule has 2 heterocycles. The van der Waals surface area contributed by atoms with Gasteiger partial charge in [0.15, 0.2) is 0 Å². The summed E-state index contributed by atoms with van der Waals surface area (Å²) in [4.78, 5) is 14.3. The van der Waals surface area contributed by atoms with Crippen molar-refractivity contribution in [2.75, 3.05) is 31.1 Å². The highest BCUT2D eigenvalue weighted by molar-refractivity contribution is 7.99. The molecule has 1 amide bonds. The van der Waals surface area contributed by atoms with Gasteiger partial charge in [0.05, 0.1) is 11.7 Å².